The van der Waals surface area contributed by atoms with Crippen LogP contribution in [-0.2, 0) is 10.0 Å². The lowest BCUT2D eigenvalue weighted by atomic mass is 10.6. The fourth-order valence-corrected chi connectivity index (χ4v) is 3.87. The summed E-state index contributed by atoms with van der Waals surface area (Å²) in [6.07, 6.45) is 0. The van der Waals surface area contributed by atoms with E-state index in [2.05, 4.69) is 24.5 Å². The number of nitrogens with two attached hydrogens (primary N) is 1. The molecule has 16 heavy (non-hydrogen) atoms. The average Bonchev–Trinajstić information content (AvgIpc) is 2.75. The minimum Gasteiger partial charge on any atom is -0.375 e. The summed E-state index contributed by atoms with van der Waals surface area (Å²) < 4.78 is 29.4. The van der Waals surface area contributed by atoms with Gasteiger partial charge < -0.3 is 5.73 Å². The third kappa shape index (κ3) is 2.10. The fourth-order valence-electron chi connectivity index (χ4n) is 0.986. The van der Waals surface area contributed by atoms with E-state index in [-0.39, 0.29) is 14.5 Å². The highest BCUT2D eigenvalue weighted by Gasteiger charge is 2.22. The molecule has 0 aromatic carbocycles. The molecule has 0 saturated carbocycles. The number of aromatic nitrogens is 4. The van der Waals surface area contributed by atoms with Crippen molar-refractivity contribution in [1.29, 1.82) is 0 Å². The van der Waals surface area contributed by atoms with Gasteiger partial charge in [0.1, 0.15) is 0 Å². The van der Waals surface area contributed by atoms with Crippen LogP contribution in [0.15, 0.2) is 4.21 Å². The third-order valence-corrected chi connectivity index (χ3v) is 5.11. The van der Waals surface area contributed by atoms with E-state index < -0.39 is 10.0 Å². The maximum Gasteiger partial charge on any atom is 0.275 e. The number of sulfonamides is 1. The summed E-state index contributed by atoms with van der Waals surface area (Å²) in [4.78, 5) is 3.84. The van der Waals surface area contributed by atoms with Gasteiger partial charge in [-0.3, -0.25) is 4.72 Å². The van der Waals surface area contributed by atoms with Gasteiger partial charge in [-0.05, 0) is 12.1 Å². The van der Waals surface area contributed by atoms with Crippen molar-refractivity contribution in [2.75, 3.05) is 10.5 Å². The molecule has 0 aliphatic heterocycles. The maximum absolute atomic E-state index is 11.8. The Hall–Kier alpha value is -1.33. The largest absolute Gasteiger partial charge is 0.375 e. The fraction of sp³-hybridized carbons (Fsp3) is 0.200. The van der Waals surface area contributed by atoms with Crippen molar-refractivity contribution in [1.82, 2.24) is 19.8 Å². The summed E-state index contributed by atoms with van der Waals surface area (Å²) in [5.74, 6) is 0. The molecule has 0 fully saturated rings. The minimum absolute atomic E-state index is 0.0696. The molecule has 3 N–H and O–H groups in total. The molecule has 0 amide bonds. The highest BCUT2D eigenvalue weighted by atomic mass is 32.2. The second kappa shape index (κ2) is 3.92. The Labute approximate surface area is 98.7 Å². The Balaban J connectivity index is 2.36. The van der Waals surface area contributed by atoms with Crippen LogP contribution in [0.4, 0.5) is 10.3 Å². The van der Waals surface area contributed by atoms with E-state index in [1.54, 1.807) is 6.92 Å². The number of thiazole rings is 1. The van der Waals surface area contributed by atoms with Crippen LogP contribution in [0.1, 0.15) is 5.69 Å². The molecule has 0 atom stereocenters. The van der Waals surface area contributed by atoms with Gasteiger partial charge in [-0.1, -0.05) is 20.9 Å². The molecular weight excluding hydrogens is 272 g/mol. The zero-order chi connectivity index (χ0) is 11.8. The maximum atomic E-state index is 11.8. The molecule has 8 nitrogen and oxygen atoms in total. The summed E-state index contributed by atoms with van der Waals surface area (Å²) in [6.45, 7) is 1.57. The number of nitrogen functional groups attached to an aromatic ring is 1. The summed E-state index contributed by atoms with van der Waals surface area (Å²) in [6, 6.07) is 0. The lowest BCUT2D eigenvalue weighted by Crippen LogP contribution is -2.12. The van der Waals surface area contributed by atoms with Crippen LogP contribution in [0.2, 0.25) is 0 Å². The highest BCUT2D eigenvalue weighted by Crippen LogP contribution is 2.26. The first kappa shape index (κ1) is 11.2. The van der Waals surface area contributed by atoms with Crippen LogP contribution in [0.5, 0.6) is 0 Å². The van der Waals surface area contributed by atoms with Crippen LogP contribution < -0.4 is 10.5 Å². The molecule has 2 heterocycles. The standard InChI is InChI=1S/C5H6N6O2S3/c1-2-3(14-4(6)7-2)16(12,13)9-5-8-10-11-15-5/h1H3,(H2,6,7)(H,8,9,11). The van der Waals surface area contributed by atoms with Gasteiger partial charge in [0.05, 0.1) is 5.69 Å². The van der Waals surface area contributed by atoms with Gasteiger partial charge in [-0.25, -0.2) is 13.4 Å². The van der Waals surface area contributed by atoms with E-state index in [0.29, 0.717) is 5.69 Å². The zero-order valence-corrected chi connectivity index (χ0v) is 10.4. The van der Waals surface area contributed by atoms with Crippen LogP contribution in [0.25, 0.3) is 0 Å². The molecule has 2 aromatic rings. The van der Waals surface area contributed by atoms with Gasteiger partial charge in [-0.15, -0.1) is 0 Å². The van der Waals surface area contributed by atoms with E-state index in [4.69, 9.17) is 5.73 Å². The predicted octanol–water partition coefficient (Wildman–Crippen LogP) is 0.0810. The molecule has 2 rings (SSSR count). The summed E-state index contributed by atoms with van der Waals surface area (Å²) in [5.41, 5.74) is 5.78. The molecule has 0 saturated heterocycles. The first-order chi connectivity index (χ1) is 7.49. The topological polar surface area (TPSA) is 124 Å². The summed E-state index contributed by atoms with van der Waals surface area (Å²) >= 11 is 1.74. The Morgan fingerprint density at radius 2 is 2.19 bits per heavy atom. The van der Waals surface area contributed by atoms with Gasteiger partial charge in [0.25, 0.3) is 10.0 Å². The SMILES string of the molecule is Cc1nc(N)sc1S(=O)(=O)Nc1nnns1. The Bertz CT molecular complexity index is 588. The van der Waals surface area contributed by atoms with Crippen LogP contribution in [-0.4, -0.2) is 28.2 Å². The van der Waals surface area contributed by atoms with Gasteiger partial charge in [-0.2, -0.15) is 0 Å². The zero-order valence-electron chi connectivity index (χ0n) is 7.91. The van der Waals surface area contributed by atoms with Crippen LogP contribution in [0.3, 0.4) is 0 Å². The van der Waals surface area contributed by atoms with Gasteiger partial charge >= 0.3 is 0 Å². The van der Waals surface area contributed by atoms with E-state index in [9.17, 15) is 8.42 Å². The first-order valence-electron chi connectivity index (χ1n) is 3.90. The molecule has 86 valence electrons. The number of nitrogens with zero attached hydrogens (tertiary/aromatic N) is 4. The minimum atomic E-state index is -3.70. The molecule has 0 unspecified atom stereocenters. The molecule has 11 heteroatoms. The molecule has 0 aliphatic rings. The molecule has 0 aliphatic carbocycles. The smallest absolute Gasteiger partial charge is 0.275 e. The number of nitrogens with one attached hydrogen (secondary N) is 1. The number of hydrogen-bond acceptors (Lipinski definition) is 9. The van der Waals surface area contributed by atoms with Crippen molar-refractivity contribution in [2.24, 2.45) is 0 Å². The monoisotopic (exact) mass is 278 g/mol. The molecule has 0 radical (unpaired) electrons. The number of rotatable bonds is 3. The Kier molecular flexibility index (Phi) is 2.73. The van der Waals surface area contributed by atoms with E-state index in [0.717, 1.165) is 22.9 Å². The van der Waals surface area contributed by atoms with Crippen molar-refractivity contribution < 1.29 is 8.42 Å². The second-order valence-electron chi connectivity index (χ2n) is 2.70. The van der Waals surface area contributed by atoms with E-state index >= 15 is 0 Å². The van der Waals surface area contributed by atoms with Crippen molar-refractivity contribution >= 4 is 43.2 Å². The lowest BCUT2D eigenvalue weighted by molar-refractivity contribution is 0.602. The molecular formula is C5H6N6O2S3. The Morgan fingerprint density at radius 3 is 2.69 bits per heavy atom. The highest BCUT2D eigenvalue weighted by molar-refractivity contribution is 7.95. The average molecular weight is 278 g/mol. The van der Waals surface area contributed by atoms with Crippen molar-refractivity contribution in [3.8, 4) is 0 Å². The quantitative estimate of drug-likeness (QED) is 0.814. The van der Waals surface area contributed by atoms with E-state index in [1.807, 2.05) is 0 Å². The van der Waals surface area contributed by atoms with Gasteiger partial charge in [0.15, 0.2) is 9.34 Å². The van der Waals surface area contributed by atoms with Crippen LogP contribution in [0, 0.1) is 6.92 Å². The first-order valence-corrected chi connectivity index (χ1v) is 6.97. The van der Waals surface area contributed by atoms with Crippen LogP contribution >= 0.6 is 22.9 Å². The normalized spacial score (nSPS) is 11.6. The number of aryl methyl sites for hydroxylation is 1. The predicted molar refractivity (Wildman–Crippen MR) is 59.8 cm³/mol. The van der Waals surface area contributed by atoms with Gasteiger partial charge in [0.2, 0.25) is 5.13 Å². The van der Waals surface area contributed by atoms with Crippen molar-refractivity contribution in [3.63, 3.8) is 0 Å². The number of anilines is 2. The van der Waals surface area contributed by atoms with E-state index in [1.165, 1.54) is 0 Å². The summed E-state index contributed by atoms with van der Waals surface area (Å²) in [7, 11) is -3.70. The second-order valence-corrected chi connectivity index (χ2v) is 6.34. The van der Waals surface area contributed by atoms with Crippen molar-refractivity contribution in [2.45, 2.75) is 11.1 Å². The lowest BCUT2D eigenvalue weighted by Gasteiger charge is -2.00. The molecule has 2 aromatic heterocycles. The third-order valence-electron chi connectivity index (χ3n) is 1.54. The number of hydrogen-bond donors (Lipinski definition) is 2. The van der Waals surface area contributed by atoms with Gasteiger partial charge in [0, 0.05) is 11.5 Å². The summed E-state index contributed by atoms with van der Waals surface area (Å²) in [5, 5.41) is 7.07. The Morgan fingerprint density at radius 1 is 1.44 bits per heavy atom. The molecule has 0 spiro atoms. The van der Waals surface area contributed by atoms with Crippen molar-refractivity contribution in [3.05, 3.63) is 5.69 Å². The molecule has 0 bridgehead atoms.